The quantitative estimate of drug-likeness (QED) is 0.0222. The average Bonchev–Trinajstić information content (AvgIpc) is 0.988. The summed E-state index contributed by atoms with van der Waals surface area (Å²) in [7, 11) is -9.92. The Morgan fingerprint density at radius 2 is 0.460 bits per heavy atom. The Morgan fingerprint density at radius 1 is 0.270 bits per heavy atom. The molecule has 5 atom stereocenters. The monoisotopic (exact) mass is 1470 g/mol. The molecule has 0 heterocycles. The van der Waals surface area contributed by atoms with Gasteiger partial charge in [0.2, 0.25) is 0 Å². The lowest BCUT2D eigenvalue weighted by Gasteiger charge is -2.21. The van der Waals surface area contributed by atoms with E-state index in [0.29, 0.717) is 25.7 Å². The molecular formula is C81H158O17P2. The molecule has 0 spiro atoms. The molecule has 0 aromatic carbocycles. The number of phosphoric acid groups is 2. The van der Waals surface area contributed by atoms with Gasteiger partial charge in [-0.1, -0.05) is 375 Å². The van der Waals surface area contributed by atoms with Gasteiger partial charge >= 0.3 is 39.5 Å². The number of aliphatic hydroxyl groups excluding tert-OH is 1. The van der Waals surface area contributed by atoms with E-state index >= 15 is 0 Å². The van der Waals surface area contributed by atoms with Crippen molar-refractivity contribution < 1.29 is 80.2 Å². The fourth-order valence-electron chi connectivity index (χ4n) is 12.5. The van der Waals surface area contributed by atoms with Gasteiger partial charge in [0.1, 0.15) is 19.3 Å². The maximum Gasteiger partial charge on any atom is 0.472 e. The Kier molecular flexibility index (Phi) is 71.2. The molecule has 0 radical (unpaired) electrons. The Bertz CT molecular complexity index is 1920. The van der Waals surface area contributed by atoms with Crippen molar-refractivity contribution in [3.8, 4) is 0 Å². The van der Waals surface area contributed by atoms with Gasteiger partial charge in [0.05, 0.1) is 26.4 Å². The van der Waals surface area contributed by atoms with Crippen molar-refractivity contribution in [2.24, 2.45) is 11.8 Å². The molecular weight excluding hydrogens is 1310 g/mol. The molecule has 0 aliphatic heterocycles. The second-order valence-electron chi connectivity index (χ2n) is 30.1. The topological polar surface area (TPSA) is 237 Å². The molecule has 0 aliphatic rings. The van der Waals surface area contributed by atoms with Gasteiger partial charge in [0.25, 0.3) is 0 Å². The lowest BCUT2D eigenvalue weighted by Crippen LogP contribution is -2.30. The van der Waals surface area contributed by atoms with Gasteiger partial charge < -0.3 is 33.8 Å². The summed E-state index contributed by atoms with van der Waals surface area (Å²) in [5, 5.41) is 10.6. The minimum absolute atomic E-state index is 0.105. The van der Waals surface area contributed by atoms with Crippen LogP contribution in [0.15, 0.2) is 0 Å². The number of esters is 4. The minimum Gasteiger partial charge on any atom is -0.462 e. The molecule has 594 valence electrons. The third-order valence-electron chi connectivity index (χ3n) is 19.0. The molecule has 0 fully saturated rings. The van der Waals surface area contributed by atoms with Crippen molar-refractivity contribution in [3.05, 3.63) is 0 Å². The van der Waals surface area contributed by atoms with E-state index in [9.17, 15) is 43.2 Å². The summed E-state index contributed by atoms with van der Waals surface area (Å²) in [5.41, 5.74) is 0. The van der Waals surface area contributed by atoms with Gasteiger partial charge in [-0.05, 0) is 37.5 Å². The number of rotatable bonds is 80. The van der Waals surface area contributed by atoms with E-state index in [4.69, 9.17) is 37.0 Å². The van der Waals surface area contributed by atoms with Gasteiger partial charge in [-0.15, -0.1) is 0 Å². The molecule has 0 aliphatic carbocycles. The number of aliphatic hydroxyl groups is 1. The van der Waals surface area contributed by atoms with Crippen molar-refractivity contribution in [2.45, 2.75) is 445 Å². The largest absolute Gasteiger partial charge is 0.472 e. The molecule has 0 saturated carbocycles. The van der Waals surface area contributed by atoms with Crippen LogP contribution in [0.3, 0.4) is 0 Å². The molecule has 0 rings (SSSR count). The van der Waals surface area contributed by atoms with E-state index in [-0.39, 0.29) is 25.7 Å². The summed E-state index contributed by atoms with van der Waals surface area (Å²) in [6.07, 6.45) is 62.5. The van der Waals surface area contributed by atoms with Gasteiger partial charge in [-0.3, -0.25) is 37.3 Å². The van der Waals surface area contributed by atoms with Crippen LogP contribution in [-0.2, 0) is 65.4 Å². The van der Waals surface area contributed by atoms with Gasteiger partial charge in [0, 0.05) is 25.7 Å². The number of unbranched alkanes of at least 4 members (excludes halogenated alkanes) is 50. The lowest BCUT2D eigenvalue weighted by atomic mass is 10.0. The molecule has 0 aromatic rings. The summed E-state index contributed by atoms with van der Waals surface area (Å²) in [6, 6.07) is 0. The van der Waals surface area contributed by atoms with E-state index in [2.05, 4.69) is 41.5 Å². The number of hydrogen-bond donors (Lipinski definition) is 3. The molecule has 0 bridgehead atoms. The van der Waals surface area contributed by atoms with Crippen LogP contribution in [0.2, 0.25) is 0 Å². The third-order valence-corrected chi connectivity index (χ3v) is 20.9. The number of phosphoric ester groups is 2. The lowest BCUT2D eigenvalue weighted by molar-refractivity contribution is -0.161. The van der Waals surface area contributed by atoms with Crippen LogP contribution in [0.5, 0.6) is 0 Å². The number of ether oxygens (including phenoxy) is 4. The molecule has 2 unspecified atom stereocenters. The smallest absolute Gasteiger partial charge is 0.462 e. The predicted molar refractivity (Wildman–Crippen MR) is 409 cm³/mol. The predicted octanol–water partition coefficient (Wildman–Crippen LogP) is 24.3. The van der Waals surface area contributed by atoms with Crippen molar-refractivity contribution in [3.63, 3.8) is 0 Å². The molecule has 17 nitrogen and oxygen atoms in total. The van der Waals surface area contributed by atoms with Crippen LogP contribution in [0.4, 0.5) is 0 Å². The highest BCUT2D eigenvalue weighted by Crippen LogP contribution is 2.45. The molecule has 3 N–H and O–H groups in total. The zero-order valence-corrected chi connectivity index (χ0v) is 67.3. The SMILES string of the molecule is CCCCCCCCCCCCCCCCCCCCC(=O)OC[C@H](COP(=O)(O)OC[C@@H](O)COP(=O)(O)OC[C@@H](COC(=O)CCCCCCCCCCCC(C)C)OC(=O)CCCCCCCCCCCC(C)C)OC(=O)CCCCCCCCCCCCCCCCCCCC. The van der Waals surface area contributed by atoms with Gasteiger partial charge in [0.15, 0.2) is 12.2 Å². The Labute approximate surface area is 613 Å². The van der Waals surface area contributed by atoms with Crippen LogP contribution in [0.1, 0.15) is 427 Å². The van der Waals surface area contributed by atoms with E-state index < -0.39 is 97.5 Å². The summed E-state index contributed by atoms with van der Waals surface area (Å²) in [4.78, 5) is 73.0. The van der Waals surface area contributed by atoms with Crippen LogP contribution in [0.25, 0.3) is 0 Å². The molecule has 100 heavy (non-hydrogen) atoms. The Morgan fingerprint density at radius 3 is 0.680 bits per heavy atom. The fraction of sp³-hybridized carbons (Fsp3) is 0.951. The van der Waals surface area contributed by atoms with Crippen LogP contribution in [-0.4, -0.2) is 96.7 Å². The van der Waals surface area contributed by atoms with E-state index in [1.54, 1.807) is 0 Å². The van der Waals surface area contributed by atoms with Gasteiger partial charge in [-0.2, -0.15) is 0 Å². The fourth-order valence-corrected chi connectivity index (χ4v) is 14.1. The zero-order valence-electron chi connectivity index (χ0n) is 65.5. The van der Waals surface area contributed by atoms with Crippen molar-refractivity contribution in [2.75, 3.05) is 39.6 Å². The maximum absolute atomic E-state index is 13.1. The second-order valence-corrected chi connectivity index (χ2v) is 33.0. The first-order valence-electron chi connectivity index (χ1n) is 42.0. The highest BCUT2D eigenvalue weighted by atomic mass is 31.2. The number of hydrogen-bond acceptors (Lipinski definition) is 15. The average molecular weight is 1470 g/mol. The zero-order chi connectivity index (χ0) is 73.5. The summed E-state index contributed by atoms with van der Waals surface area (Å²) in [5.74, 6) is -0.629. The molecule has 19 heteroatoms. The minimum atomic E-state index is -4.96. The highest BCUT2D eigenvalue weighted by Gasteiger charge is 2.30. The Balaban J connectivity index is 5.24. The molecule has 0 saturated heterocycles. The Hall–Kier alpha value is -1.94. The standard InChI is InChI=1S/C81H158O17P2/c1-7-9-11-13-15-17-19-21-23-25-27-29-31-33-39-45-51-57-63-78(83)91-69-76(97-80(85)65-59-53-47-40-34-32-30-28-26-24-22-20-18-16-14-12-10-8-2)71-95-99(87,88)93-67-75(82)68-94-100(89,90)96-72-77(98-81(86)66-60-54-48-42-36-38-44-50-56-62-74(5)6)70-92-79(84)64-58-52-46-41-35-37-43-49-55-61-73(3)4/h73-77,82H,7-72H2,1-6H3,(H,87,88)(H,89,90)/t75-,76-,77-/m1/s1. The van der Waals surface area contributed by atoms with E-state index in [1.165, 1.54) is 244 Å². The maximum atomic E-state index is 13.1. The summed E-state index contributed by atoms with van der Waals surface area (Å²) < 4.78 is 68.7. The van der Waals surface area contributed by atoms with Gasteiger partial charge in [-0.25, -0.2) is 9.13 Å². The second kappa shape index (κ2) is 72.6. The molecule has 0 amide bonds. The van der Waals surface area contributed by atoms with Crippen molar-refractivity contribution in [1.29, 1.82) is 0 Å². The first-order chi connectivity index (χ1) is 48.4. The first kappa shape index (κ1) is 98.1. The van der Waals surface area contributed by atoms with Crippen molar-refractivity contribution >= 4 is 39.5 Å². The summed E-state index contributed by atoms with van der Waals surface area (Å²) in [6.45, 7) is 9.59. The first-order valence-corrected chi connectivity index (χ1v) is 45.0. The number of carbonyl (C=O) groups is 4. The highest BCUT2D eigenvalue weighted by molar-refractivity contribution is 7.47. The van der Waals surface area contributed by atoms with Crippen LogP contribution < -0.4 is 0 Å². The van der Waals surface area contributed by atoms with Crippen molar-refractivity contribution in [1.82, 2.24) is 0 Å². The van der Waals surface area contributed by atoms with Crippen LogP contribution >= 0.6 is 15.6 Å². The van der Waals surface area contributed by atoms with E-state index in [0.717, 1.165) is 102 Å². The third kappa shape index (κ3) is 74.3. The normalized spacial score (nSPS) is 13.9. The van der Waals surface area contributed by atoms with Crippen LogP contribution in [0, 0.1) is 11.8 Å². The number of carbonyl (C=O) groups excluding carboxylic acids is 4. The van der Waals surface area contributed by atoms with E-state index in [1.807, 2.05) is 0 Å². The summed E-state index contributed by atoms with van der Waals surface area (Å²) >= 11 is 0. The molecule has 0 aromatic heterocycles.